The van der Waals surface area contributed by atoms with Crippen molar-refractivity contribution in [2.24, 2.45) is 13.0 Å². The van der Waals surface area contributed by atoms with E-state index in [1.54, 1.807) is 15.8 Å². The average molecular weight is 294 g/mol. The van der Waals surface area contributed by atoms with Crippen molar-refractivity contribution in [3.8, 4) is 0 Å². The molecular weight excluding hydrogens is 272 g/mol. The molecule has 0 atom stereocenters. The van der Waals surface area contributed by atoms with Crippen LogP contribution in [0.15, 0.2) is 12.4 Å². The van der Waals surface area contributed by atoms with E-state index in [1.807, 2.05) is 13.2 Å². The minimum absolute atomic E-state index is 0.0597. The Balaban J connectivity index is 1.69. The van der Waals surface area contributed by atoms with Gasteiger partial charge in [-0.25, -0.2) is 4.79 Å². The third kappa shape index (κ3) is 4.77. The summed E-state index contributed by atoms with van der Waals surface area (Å²) in [7, 11) is 1.84. The van der Waals surface area contributed by atoms with Gasteiger partial charge in [0.05, 0.1) is 6.20 Å². The van der Waals surface area contributed by atoms with Crippen LogP contribution in [0.2, 0.25) is 0 Å². The summed E-state index contributed by atoms with van der Waals surface area (Å²) in [6.45, 7) is 1.87. The Bertz CT molecular complexity index is 492. The molecule has 116 valence electrons. The SMILES string of the molecule is Cn1cc(CNC(=O)N2CCC(CCC(=O)O)CC2)cn1. The van der Waals surface area contributed by atoms with Gasteiger partial charge in [-0.3, -0.25) is 9.48 Å². The molecule has 7 heteroatoms. The van der Waals surface area contributed by atoms with Gasteiger partial charge in [0.15, 0.2) is 0 Å². The number of carboxylic acids is 1. The maximum Gasteiger partial charge on any atom is 0.317 e. The first kappa shape index (κ1) is 15.3. The lowest BCUT2D eigenvalue weighted by Crippen LogP contribution is -2.44. The fourth-order valence-corrected chi connectivity index (χ4v) is 2.60. The zero-order valence-electron chi connectivity index (χ0n) is 12.3. The molecule has 1 aliphatic heterocycles. The van der Waals surface area contributed by atoms with Crippen molar-refractivity contribution in [3.05, 3.63) is 18.0 Å². The Morgan fingerprint density at radius 1 is 1.43 bits per heavy atom. The number of carboxylic acid groups (broad SMARTS) is 1. The minimum atomic E-state index is -0.744. The summed E-state index contributed by atoms with van der Waals surface area (Å²) in [5.74, 6) is -0.324. The predicted octanol–water partition coefficient (Wildman–Crippen LogP) is 1.21. The molecule has 1 saturated heterocycles. The van der Waals surface area contributed by atoms with Crippen LogP contribution in [0.3, 0.4) is 0 Å². The van der Waals surface area contributed by atoms with Crippen LogP contribution in [-0.4, -0.2) is 44.9 Å². The second kappa shape index (κ2) is 7.10. The van der Waals surface area contributed by atoms with Gasteiger partial charge in [0, 0.05) is 44.9 Å². The summed E-state index contributed by atoms with van der Waals surface area (Å²) in [6, 6.07) is -0.0597. The molecule has 21 heavy (non-hydrogen) atoms. The molecule has 0 saturated carbocycles. The highest BCUT2D eigenvalue weighted by Gasteiger charge is 2.22. The number of piperidine rings is 1. The van der Waals surface area contributed by atoms with Crippen LogP contribution < -0.4 is 5.32 Å². The van der Waals surface area contributed by atoms with Crippen LogP contribution >= 0.6 is 0 Å². The lowest BCUT2D eigenvalue weighted by molar-refractivity contribution is -0.137. The molecular formula is C14H22N4O3. The van der Waals surface area contributed by atoms with Gasteiger partial charge in [-0.1, -0.05) is 0 Å². The Morgan fingerprint density at radius 2 is 2.14 bits per heavy atom. The second-order valence-electron chi connectivity index (χ2n) is 5.54. The number of rotatable bonds is 5. The van der Waals surface area contributed by atoms with E-state index in [1.165, 1.54) is 0 Å². The smallest absolute Gasteiger partial charge is 0.317 e. The standard InChI is InChI=1S/C14H22N4O3/c1-17-10-12(9-16-17)8-15-14(21)18-6-4-11(5-7-18)2-3-13(19)20/h9-11H,2-8H2,1H3,(H,15,21)(H,19,20). The Labute approximate surface area is 123 Å². The van der Waals surface area contributed by atoms with E-state index in [9.17, 15) is 9.59 Å². The van der Waals surface area contributed by atoms with Crippen molar-refractivity contribution >= 4 is 12.0 Å². The van der Waals surface area contributed by atoms with Gasteiger partial charge in [-0.2, -0.15) is 5.10 Å². The van der Waals surface area contributed by atoms with Crippen molar-refractivity contribution in [1.29, 1.82) is 0 Å². The van der Waals surface area contributed by atoms with E-state index in [-0.39, 0.29) is 12.5 Å². The van der Waals surface area contributed by atoms with E-state index in [4.69, 9.17) is 5.11 Å². The van der Waals surface area contributed by atoms with Crippen LogP contribution in [0.4, 0.5) is 4.79 Å². The fourth-order valence-electron chi connectivity index (χ4n) is 2.60. The van der Waals surface area contributed by atoms with Gasteiger partial charge in [0.1, 0.15) is 0 Å². The molecule has 1 aliphatic rings. The van der Waals surface area contributed by atoms with Gasteiger partial charge < -0.3 is 15.3 Å². The summed E-state index contributed by atoms with van der Waals surface area (Å²) < 4.78 is 1.70. The molecule has 1 fully saturated rings. The van der Waals surface area contributed by atoms with Crippen LogP contribution in [-0.2, 0) is 18.4 Å². The Kier molecular flexibility index (Phi) is 5.19. The van der Waals surface area contributed by atoms with E-state index in [0.29, 0.717) is 32.0 Å². The van der Waals surface area contributed by atoms with Gasteiger partial charge in [0.2, 0.25) is 0 Å². The zero-order chi connectivity index (χ0) is 15.2. The molecule has 2 heterocycles. The molecule has 0 unspecified atom stereocenters. The van der Waals surface area contributed by atoms with Crippen molar-refractivity contribution in [3.63, 3.8) is 0 Å². The van der Waals surface area contributed by atoms with Crippen LogP contribution in [0.1, 0.15) is 31.2 Å². The number of hydrogen-bond donors (Lipinski definition) is 2. The normalized spacial score (nSPS) is 16.0. The number of carbonyl (C=O) groups excluding carboxylic acids is 1. The van der Waals surface area contributed by atoms with Crippen LogP contribution in [0.25, 0.3) is 0 Å². The number of aryl methyl sites for hydroxylation is 1. The van der Waals surface area contributed by atoms with Crippen molar-refractivity contribution in [1.82, 2.24) is 20.0 Å². The summed E-state index contributed by atoms with van der Waals surface area (Å²) in [4.78, 5) is 24.4. The maximum atomic E-state index is 12.0. The lowest BCUT2D eigenvalue weighted by atomic mass is 9.92. The first-order chi connectivity index (χ1) is 10.0. The van der Waals surface area contributed by atoms with Crippen molar-refractivity contribution < 1.29 is 14.7 Å². The van der Waals surface area contributed by atoms with Gasteiger partial charge >= 0.3 is 12.0 Å². The largest absolute Gasteiger partial charge is 0.481 e. The summed E-state index contributed by atoms with van der Waals surface area (Å²) in [5, 5.41) is 15.6. The van der Waals surface area contributed by atoms with Crippen LogP contribution in [0, 0.1) is 5.92 Å². The van der Waals surface area contributed by atoms with Gasteiger partial charge in [-0.15, -0.1) is 0 Å². The van der Waals surface area contributed by atoms with Gasteiger partial charge in [0.25, 0.3) is 0 Å². The highest BCUT2D eigenvalue weighted by molar-refractivity contribution is 5.74. The first-order valence-electron chi connectivity index (χ1n) is 7.26. The molecule has 1 aromatic rings. The van der Waals surface area contributed by atoms with Crippen molar-refractivity contribution in [2.75, 3.05) is 13.1 Å². The number of nitrogens with zero attached hydrogens (tertiary/aromatic N) is 3. The van der Waals surface area contributed by atoms with E-state index >= 15 is 0 Å². The molecule has 0 bridgehead atoms. The third-order valence-corrected chi connectivity index (χ3v) is 3.87. The number of amides is 2. The lowest BCUT2D eigenvalue weighted by Gasteiger charge is -2.31. The zero-order valence-corrected chi connectivity index (χ0v) is 12.3. The Morgan fingerprint density at radius 3 is 2.71 bits per heavy atom. The molecule has 7 nitrogen and oxygen atoms in total. The number of aromatic nitrogens is 2. The quantitative estimate of drug-likeness (QED) is 0.854. The van der Waals surface area contributed by atoms with E-state index < -0.39 is 5.97 Å². The number of hydrogen-bond acceptors (Lipinski definition) is 3. The topological polar surface area (TPSA) is 87.5 Å². The highest BCUT2D eigenvalue weighted by atomic mass is 16.4. The fraction of sp³-hybridized carbons (Fsp3) is 0.643. The molecule has 2 N–H and O–H groups in total. The Hall–Kier alpha value is -2.05. The van der Waals surface area contributed by atoms with E-state index in [2.05, 4.69) is 10.4 Å². The average Bonchev–Trinajstić information content (AvgIpc) is 2.89. The summed E-state index contributed by atoms with van der Waals surface area (Å²) in [6.07, 6.45) is 6.30. The molecule has 0 radical (unpaired) electrons. The monoisotopic (exact) mass is 294 g/mol. The summed E-state index contributed by atoms with van der Waals surface area (Å²) in [5.41, 5.74) is 0.974. The first-order valence-corrected chi connectivity index (χ1v) is 7.26. The molecule has 0 aliphatic carbocycles. The molecule has 0 aromatic carbocycles. The number of nitrogens with one attached hydrogen (secondary N) is 1. The van der Waals surface area contributed by atoms with Crippen LogP contribution in [0.5, 0.6) is 0 Å². The van der Waals surface area contributed by atoms with E-state index in [0.717, 1.165) is 18.4 Å². The van der Waals surface area contributed by atoms with Gasteiger partial charge in [-0.05, 0) is 25.2 Å². The molecule has 2 rings (SSSR count). The highest BCUT2D eigenvalue weighted by Crippen LogP contribution is 2.21. The second-order valence-corrected chi connectivity index (χ2v) is 5.54. The summed E-state index contributed by atoms with van der Waals surface area (Å²) >= 11 is 0. The predicted molar refractivity (Wildman–Crippen MR) is 76.6 cm³/mol. The number of likely N-dealkylation sites (tertiary alicyclic amines) is 1. The molecule has 1 aromatic heterocycles. The van der Waals surface area contributed by atoms with Crippen molar-refractivity contribution in [2.45, 2.75) is 32.2 Å². The number of urea groups is 1. The molecule has 0 spiro atoms. The minimum Gasteiger partial charge on any atom is -0.481 e. The number of aliphatic carboxylic acids is 1. The number of carbonyl (C=O) groups is 2. The third-order valence-electron chi connectivity index (χ3n) is 3.87. The maximum absolute atomic E-state index is 12.0. The molecule has 2 amide bonds.